The fraction of sp³-hybridized carbons (Fsp3) is 0.846. The summed E-state index contributed by atoms with van der Waals surface area (Å²) in [6.45, 7) is 5.72. The predicted molar refractivity (Wildman–Crippen MR) is 71.5 cm³/mol. The molecule has 0 bridgehead atoms. The highest BCUT2D eigenvalue weighted by atomic mass is 32.1. The molecule has 0 radical (unpaired) electrons. The van der Waals surface area contributed by atoms with Gasteiger partial charge in [-0.05, 0) is 24.7 Å². The molecule has 4 heteroatoms. The molecule has 1 aliphatic heterocycles. The zero-order chi connectivity index (χ0) is 11.8. The lowest BCUT2D eigenvalue weighted by atomic mass is 9.80. The summed E-state index contributed by atoms with van der Waals surface area (Å²) in [6.07, 6.45) is 6.55. The summed E-state index contributed by atoms with van der Waals surface area (Å²) in [5.74, 6) is 2.74. The second-order valence-electron chi connectivity index (χ2n) is 5.49. The Morgan fingerprint density at radius 3 is 2.94 bits per heavy atom. The Kier molecular flexibility index (Phi) is 3.07. The molecule has 0 amide bonds. The second-order valence-corrected chi connectivity index (χ2v) is 6.22. The molecule has 1 saturated heterocycles. The van der Waals surface area contributed by atoms with Crippen molar-refractivity contribution in [3.8, 4) is 0 Å². The first kappa shape index (κ1) is 11.5. The molecule has 2 heterocycles. The van der Waals surface area contributed by atoms with Gasteiger partial charge in [0.15, 0.2) is 0 Å². The monoisotopic (exact) mass is 251 g/mol. The van der Waals surface area contributed by atoms with Gasteiger partial charge in [0.1, 0.15) is 5.82 Å². The van der Waals surface area contributed by atoms with E-state index in [1.807, 2.05) is 0 Å². The SMILES string of the molecule is CCc1nsc(N2CC(C)C3CCCCC32)n1. The van der Waals surface area contributed by atoms with Crippen LogP contribution in [0, 0.1) is 11.8 Å². The first-order valence-corrected chi connectivity index (χ1v) is 7.66. The van der Waals surface area contributed by atoms with Crippen LogP contribution in [0.4, 0.5) is 5.13 Å². The van der Waals surface area contributed by atoms with Gasteiger partial charge >= 0.3 is 0 Å². The number of fused-ring (bicyclic) bond motifs is 1. The molecule has 1 aliphatic carbocycles. The normalized spacial score (nSPS) is 32.8. The molecule has 2 aliphatic rings. The molecule has 0 N–H and O–H groups in total. The average Bonchev–Trinajstić information content (AvgIpc) is 2.95. The van der Waals surface area contributed by atoms with Crippen LogP contribution >= 0.6 is 11.5 Å². The topological polar surface area (TPSA) is 29.0 Å². The van der Waals surface area contributed by atoms with E-state index in [9.17, 15) is 0 Å². The van der Waals surface area contributed by atoms with Crippen LogP contribution in [0.5, 0.6) is 0 Å². The summed E-state index contributed by atoms with van der Waals surface area (Å²) in [7, 11) is 0. The minimum absolute atomic E-state index is 0.747. The van der Waals surface area contributed by atoms with Crippen molar-refractivity contribution in [1.82, 2.24) is 9.36 Å². The van der Waals surface area contributed by atoms with Gasteiger partial charge in [-0.25, -0.2) is 4.98 Å². The van der Waals surface area contributed by atoms with E-state index in [-0.39, 0.29) is 0 Å². The van der Waals surface area contributed by atoms with Crippen molar-refractivity contribution in [2.24, 2.45) is 11.8 Å². The summed E-state index contributed by atoms with van der Waals surface area (Å²) in [5, 5.41) is 1.17. The third kappa shape index (κ3) is 1.96. The molecule has 0 spiro atoms. The van der Waals surface area contributed by atoms with Gasteiger partial charge in [0.2, 0.25) is 5.13 Å². The number of aromatic nitrogens is 2. The molecule has 0 aromatic carbocycles. The fourth-order valence-electron chi connectivity index (χ4n) is 3.50. The van der Waals surface area contributed by atoms with Crippen LogP contribution in [0.2, 0.25) is 0 Å². The van der Waals surface area contributed by atoms with Gasteiger partial charge in [-0.15, -0.1) is 0 Å². The first-order chi connectivity index (χ1) is 8.29. The highest BCUT2D eigenvalue weighted by Crippen LogP contribution is 2.42. The number of aryl methyl sites for hydroxylation is 1. The molecule has 1 aromatic rings. The Labute approximate surface area is 107 Å². The van der Waals surface area contributed by atoms with Crippen LogP contribution in [0.15, 0.2) is 0 Å². The summed E-state index contributed by atoms with van der Waals surface area (Å²) in [5.41, 5.74) is 0. The van der Waals surface area contributed by atoms with Gasteiger partial charge in [0.05, 0.1) is 0 Å². The maximum Gasteiger partial charge on any atom is 0.205 e. The van der Waals surface area contributed by atoms with Crippen molar-refractivity contribution in [3.05, 3.63) is 5.82 Å². The largest absolute Gasteiger partial charge is 0.343 e. The maximum absolute atomic E-state index is 4.67. The zero-order valence-electron chi connectivity index (χ0n) is 10.7. The van der Waals surface area contributed by atoms with E-state index in [1.54, 1.807) is 11.5 Å². The van der Waals surface area contributed by atoms with E-state index in [0.717, 1.165) is 30.1 Å². The summed E-state index contributed by atoms with van der Waals surface area (Å²) in [4.78, 5) is 7.22. The van der Waals surface area contributed by atoms with Crippen LogP contribution in [-0.4, -0.2) is 21.9 Å². The summed E-state index contributed by atoms with van der Waals surface area (Å²) >= 11 is 1.59. The van der Waals surface area contributed by atoms with Crippen LogP contribution < -0.4 is 4.90 Å². The van der Waals surface area contributed by atoms with E-state index in [1.165, 1.54) is 37.4 Å². The van der Waals surface area contributed by atoms with Crippen LogP contribution in [0.25, 0.3) is 0 Å². The minimum Gasteiger partial charge on any atom is -0.343 e. The lowest BCUT2D eigenvalue weighted by Gasteiger charge is -2.31. The molecule has 3 rings (SSSR count). The molecule has 2 fully saturated rings. The summed E-state index contributed by atoms with van der Waals surface area (Å²) < 4.78 is 4.43. The Morgan fingerprint density at radius 2 is 2.18 bits per heavy atom. The highest BCUT2D eigenvalue weighted by Gasteiger charge is 2.41. The number of hydrogen-bond donors (Lipinski definition) is 0. The minimum atomic E-state index is 0.747. The lowest BCUT2D eigenvalue weighted by Crippen LogP contribution is -2.34. The Hall–Kier alpha value is -0.640. The smallest absolute Gasteiger partial charge is 0.205 e. The zero-order valence-corrected chi connectivity index (χ0v) is 11.5. The van der Waals surface area contributed by atoms with Crippen molar-refractivity contribution in [1.29, 1.82) is 0 Å². The van der Waals surface area contributed by atoms with E-state index in [4.69, 9.17) is 0 Å². The second kappa shape index (κ2) is 4.56. The Bertz CT molecular complexity index is 390. The van der Waals surface area contributed by atoms with Crippen LogP contribution in [0.1, 0.15) is 45.4 Å². The lowest BCUT2D eigenvalue weighted by molar-refractivity contribution is 0.293. The molecule has 3 unspecified atom stereocenters. The predicted octanol–water partition coefficient (Wildman–Crippen LogP) is 3.12. The molecular weight excluding hydrogens is 230 g/mol. The van der Waals surface area contributed by atoms with Crippen molar-refractivity contribution in [2.75, 3.05) is 11.4 Å². The molecule has 1 aromatic heterocycles. The van der Waals surface area contributed by atoms with E-state index in [0.29, 0.717) is 0 Å². The average molecular weight is 251 g/mol. The van der Waals surface area contributed by atoms with Gasteiger partial charge in [0, 0.05) is 30.5 Å². The van der Waals surface area contributed by atoms with Crippen LogP contribution in [-0.2, 0) is 6.42 Å². The maximum atomic E-state index is 4.67. The standard InChI is InChI=1S/C13H21N3S/c1-3-12-14-13(17-15-12)16-8-9(2)10-6-4-5-7-11(10)16/h9-11H,3-8H2,1-2H3. The first-order valence-electron chi connectivity index (χ1n) is 6.88. The number of nitrogens with zero attached hydrogens (tertiary/aromatic N) is 3. The Morgan fingerprint density at radius 1 is 1.35 bits per heavy atom. The van der Waals surface area contributed by atoms with Gasteiger partial charge in [-0.2, -0.15) is 4.37 Å². The van der Waals surface area contributed by atoms with Crippen molar-refractivity contribution in [2.45, 2.75) is 52.0 Å². The fourth-order valence-corrected chi connectivity index (χ4v) is 4.31. The molecule has 1 saturated carbocycles. The number of anilines is 1. The quantitative estimate of drug-likeness (QED) is 0.808. The number of rotatable bonds is 2. The van der Waals surface area contributed by atoms with Crippen LogP contribution in [0.3, 0.4) is 0 Å². The molecule has 94 valence electrons. The highest BCUT2D eigenvalue weighted by molar-refractivity contribution is 7.09. The van der Waals surface area contributed by atoms with Gasteiger partial charge < -0.3 is 4.90 Å². The molecule has 3 nitrogen and oxygen atoms in total. The van der Waals surface area contributed by atoms with Gasteiger partial charge in [-0.1, -0.05) is 26.7 Å². The van der Waals surface area contributed by atoms with Crippen molar-refractivity contribution in [3.63, 3.8) is 0 Å². The third-order valence-corrected chi connectivity index (χ3v) is 5.21. The third-order valence-electron chi connectivity index (χ3n) is 4.42. The van der Waals surface area contributed by atoms with Crippen molar-refractivity contribution >= 4 is 16.7 Å². The van der Waals surface area contributed by atoms with Gasteiger partial charge in [0.25, 0.3) is 0 Å². The number of hydrogen-bond acceptors (Lipinski definition) is 4. The van der Waals surface area contributed by atoms with Gasteiger partial charge in [-0.3, -0.25) is 0 Å². The van der Waals surface area contributed by atoms with Crippen molar-refractivity contribution < 1.29 is 0 Å². The van der Waals surface area contributed by atoms with E-state index < -0.39 is 0 Å². The van der Waals surface area contributed by atoms with E-state index in [2.05, 4.69) is 28.1 Å². The summed E-state index contributed by atoms with van der Waals surface area (Å²) in [6, 6.07) is 0.747. The molecule has 3 atom stereocenters. The molecular formula is C13H21N3S. The van der Waals surface area contributed by atoms with E-state index >= 15 is 0 Å². The molecule has 17 heavy (non-hydrogen) atoms. The Balaban J connectivity index is 1.83.